The number of aliphatic carboxylic acids is 1. The van der Waals surface area contributed by atoms with E-state index in [2.05, 4.69) is 5.32 Å². The molecule has 2 fully saturated rings. The van der Waals surface area contributed by atoms with Gasteiger partial charge in [0, 0.05) is 18.0 Å². The zero-order chi connectivity index (χ0) is 19.1. The molecule has 0 spiro atoms. The van der Waals surface area contributed by atoms with Crippen LogP contribution in [0.1, 0.15) is 51.4 Å². The van der Waals surface area contributed by atoms with Gasteiger partial charge in [0.25, 0.3) is 5.17 Å². The van der Waals surface area contributed by atoms with E-state index < -0.39 is 5.97 Å². The van der Waals surface area contributed by atoms with Gasteiger partial charge in [-0.1, -0.05) is 37.5 Å². The fourth-order valence-electron chi connectivity index (χ4n) is 4.36. The number of ether oxygens (including phenoxy) is 2. The summed E-state index contributed by atoms with van der Waals surface area (Å²) in [6.45, 7) is 0.601. The number of para-hydroxylation sites is 1. The van der Waals surface area contributed by atoms with Crippen LogP contribution in [0.25, 0.3) is 0 Å². The number of anilines is 1. The zero-order valence-corrected chi connectivity index (χ0v) is 16.5. The molecule has 2 bridgehead atoms. The van der Waals surface area contributed by atoms with Crippen LogP contribution in [0.5, 0.6) is 0 Å². The van der Waals surface area contributed by atoms with Crippen LogP contribution >= 0.6 is 12.2 Å². The molecule has 1 aromatic rings. The van der Waals surface area contributed by atoms with E-state index >= 15 is 0 Å². The highest BCUT2D eigenvalue weighted by Gasteiger charge is 2.48. The van der Waals surface area contributed by atoms with Crippen LogP contribution in [0.2, 0.25) is 0 Å². The lowest BCUT2D eigenvalue weighted by molar-refractivity contribution is -0.137. The highest BCUT2D eigenvalue weighted by Crippen LogP contribution is 2.45. The monoisotopic (exact) mass is 391 g/mol. The molecule has 0 radical (unpaired) electrons. The van der Waals surface area contributed by atoms with Gasteiger partial charge in [0.15, 0.2) is 0 Å². The summed E-state index contributed by atoms with van der Waals surface area (Å²) in [4.78, 5) is 10.6. The van der Waals surface area contributed by atoms with Crippen molar-refractivity contribution in [3.63, 3.8) is 0 Å². The lowest BCUT2D eigenvalue weighted by Crippen LogP contribution is -2.32. The van der Waals surface area contributed by atoms with Crippen molar-refractivity contribution in [3.05, 3.63) is 30.3 Å². The molecular formula is C21H29NO4S. The van der Waals surface area contributed by atoms with Gasteiger partial charge in [-0.2, -0.15) is 0 Å². The molecule has 1 aromatic carbocycles. The zero-order valence-electron chi connectivity index (χ0n) is 15.6. The lowest BCUT2D eigenvalue weighted by Gasteiger charge is -2.28. The van der Waals surface area contributed by atoms with E-state index in [-0.39, 0.29) is 6.42 Å². The van der Waals surface area contributed by atoms with Crippen LogP contribution in [0.3, 0.4) is 0 Å². The van der Waals surface area contributed by atoms with E-state index in [0.717, 1.165) is 50.6 Å². The molecule has 0 aliphatic carbocycles. The molecule has 0 aromatic heterocycles. The molecule has 2 saturated heterocycles. The Labute approximate surface area is 166 Å². The van der Waals surface area contributed by atoms with Gasteiger partial charge >= 0.3 is 5.97 Å². The molecule has 5 nitrogen and oxygen atoms in total. The highest BCUT2D eigenvalue weighted by atomic mass is 32.1. The Kier molecular flexibility index (Phi) is 7.47. The average Bonchev–Trinajstić information content (AvgIpc) is 3.25. The molecule has 27 heavy (non-hydrogen) atoms. The summed E-state index contributed by atoms with van der Waals surface area (Å²) in [6, 6.07) is 9.81. The van der Waals surface area contributed by atoms with Gasteiger partial charge in [-0.15, -0.1) is 0 Å². The van der Waals surface area contributed by atoms with Gasteiger partial charge in [-0.25, -0.2) is 0 Å². The van der Waals surface area contributed by atoms with Gasteiger partial charge in [-0.3, -0.25) is 4.79 Å². The fraction of sp³-hybridized carbons (Fsp3) is 0.619. The summed E-state index contributed by atoms with van der Waals surface area (Å²) in [6.07, 6.45) is 8.30. The molecular weight excluding hydrogens is 362 g/mol. The van der Waals surface area contributed by atoms with Gasteiger partial charge < -0.3 is 19.9 Å². The number of unbranched alkanes of at least 4 members (excludes halogenated alkanes) is 3. The number of carboxylic acid groups (broad SMARTS) is 1. The van der Waals surface area contributed by atoms with E-state index in [9.17, 15) is 4.79 Å². The summed E-state index contributed by atoms with van der Waals surface area (Å²) >= 11 is 5.33. The molecule has 148 valence electrons. The number of carbonyl (C=O) groups is 1. The molecule has 0 amide bonds. The maximum atomic E-state index is 10.6. The van der Waals surface area contributed by atoms with Crippen molar-refractivity contribution in [2.45, 2.75) is 63.6 Å². The maximum Gasteiger partial charge on any atom is 0.303 e. The third-order valence-corrected chi connectivity index (χ3v) is 5.92. The van der Waals surface area contributed by atoms with E-state index in [4.69, 9.17) is 26.8 Å². The summed E-state index contributed by atoms with van der Waals surface area (Å²) < 4.78 is 12.0. The molecule has 2 heterocycles. The third kappa shape index (κ3) is 5.91. The minimum Gasteiger partial charge on any atom is -0.481 e. The second-order valence-electron chi connectivity index (χ2n) is 7.55. The average molecular weight is 392 g/mol. The minimum atomic E-state index is -0.700. The third-order valence-electron chi connectivity index (χ3n) is 5.70. The topological polar surface area (TPSA) is 67.8 Å². The van der Waals surface area contributed by atoms with Crippen molar-refractivity contribution in [1.29, 1.82) is 0 Å². The predicted octanol–water partition coefficient (Wildman–Crippen LogP) is 4.62. The fourth-order valence-corrected chi connectivity index (χ4v) is 4.54. The number of hydrogen-bond acceptors (Lipinski definition) is 4. The Balaban J connectivity index is 1.40. The largest absolute Gasteiger partial charge is 0.481 e. The summed E-state index contributed by atoms with van der Waals surface area (Å²) in [7, 11) is 0. The molecule has 6 heteroatoms. The molecule has 4 atom stereocenters. The smallest absolute Gasteiger partial charge is 0.303 e. The number of nitrogens with one attached hydrogen (secondary N) is 1. The summed E-state index contributed by atoms with van der Waals surface area (Å²) in [5.41, 5.74) is 0.935. The second kappa shape index (κ2) is 10.0. The maximum absolute atomic E-state index is 10.6. The quantitative estimate of drug-likeness (QED) is 0.448. The van der Waals surface area contributed by atoms with Crippen molar-refractivity contribution < 1.29 is 19.4 Å². The molecule has 0 unspecified atom stereocenters. The van der Waals surface area contributed by atoms with Crippen molar-refractivity contribution >= 4 is 29.0 Å². The van der Waals surface area contributed by atoms with Crippen molar-refractivity contribution in [3.8, 4) is 0 Å². The molecule has 2 aliphatic heterocycles. The molecule has 3 rings (SSSR count). The van der Waals surface area contributed by atoms with Crippen molar-refractivity contribution in [2.24, 2.45) is 11.8 Å². The number of hydrogen-bond donors (Lipinski definition) is 2. The Morgan fingerprint density at radius 3 is 2.56 bits per heavy atom. The SMILES string of the molecule is O=C(O)CCCCCC[C@H]1[C@H](COC(=S)Nc2ccccc2)[C@@H]2CC[C@H]1O2. The van der Waals surface area contributed by atoms with Gasteiger partial charge in [0.1, 0.15) is 0 Å². The van der Waals surface area contributed by atoms with Crippen molar-refractivity contribution in [1.82, 2.24) is 0 Å². The summed E-state index contributed by atoms with van der Waals surface area (Å²) in [5.74, 6) is 0.231. The van der Waals surface area contributed by atoms with E-state index in [1.54, 1.807) is 0 Å². The standard InChI is InChI=1S/C21H29NO4S/c23-20(24)11-7-2-1-6-10-16-17(19-13-12-18(16)26-19)14-25-21(27)22-15-8-4-3-5-9-15/h3-5,8-9,16-19H,1-2,6-7,10-14H2,(H,22,27)(H,23,24)/t16-,17-,18+,19-/m0/s1. The normalized spacial score (nSPS) is 26.1. The van der Waals surface area contributed by atoms with Crippen molar-refractivity contribution in [2.75, 3.05) is 11.9 Å². The van der Waals surface area contributed by atoms with Crippen LogP contribution in [0, 0.1) is 11.8 Å². The first-order valence-electron chi connectivity index (χ1n) is 9.99. The van der Waals surface area contributed by atoms with E-state index in [0.29, 0.717) is 35.8 Å². The van der Waals surface area contributed by atoms with E-state index in [1.807, 2.05) is 30.3 Å². The van der Waals surface area contributed by atoms with Crippen LogP contribution in [0.4, 0.5) is 5.69 Å². The second-order valence-corrected chi connectivity index (χ2v) is 7.92. The first-order valence-corrected chi connectivity index (χ1v) is 10.4. The van der Waals surface area contributed by atoms with Crippen LogP contribution in [-0.2, 0) is 14.3 Å². The Bertz CT molecular complexity index is 624. The number of fused-ring (bicyclic) bond motifs is 2. The van der Waals surface area contributed by atoms with Gasteiger partial charge in [0.2, 0.25) is 0 Å². The van der Waals surface area contributed by atoms with Crippen LogP contribution < -0.4 is 5.32 Å². The molecule has 2 aliphatic rings. The Morgan fingerprint density at radius 1 is 1.11 bits per heavy atom. The van der Waals surface area contributed by atoms with Gasteiger partial charge in [-0.05, 0) is 56.0 Å². The minimum absolute atomic E-state index is 0.277. The van der Waals surface area contributed by atoms with E-state index in [1.165, 1.54) is 0 Å². The number of thiocarbonyl (C=S) groups is 1. The highest BCUT2D eigenvalue weighted by molar-refractivity contribution is 7.80. The van der Waals surface area contributed by atoms with Crippen LogP contribution in [0.15, 0.2) is 30.3 Å². The first-order chi connectivity index (χ1) is 13.1. The predicted molar refractivity (Wildman–Crippen MR) is 109 cm³/mol. The summed E-state index contributed by atoms with van der Waals surface area (Å²) in [5, 5.41) is 12.2. The number of rotatable bonds is 10. The molecule has 2 N–H and O–H groups in total. The Hall–Kier alpha value is -1.66. The lowest BCUT2D eigenvalue weighted by atomic mass is 9.77. The Morgan fingerprint density at radius 2 is 1.81 bits per heavy atom. The molecule has 0 saturated carbocycles. The first kappa shape index (κ1) is 20.1. The number of benzene rings is 1. The van der Waals surface area contributed by atoms with Crippen LogP contribution in [-0.4, -0.2) is 35.1 Å². The van der Waals surface area contributed by atoms with Gasteiger partial charge in [0.05, 0.1) is 18.8 Å². The number of carboxylic acids is 1.